The van der Waals surface area contributed by atoms with Gasteiger partial charge in [-0.3, -0.25) is 4.79 Å². The van der Waals surface area contributed by atoms with Crippen molar-refractivity contribution in [3.8, 4) is 0 Å². The van der Waals surface area contributed by atoms with Gasteiger partial charge in [0.2, 0.25) is 0 Å². The maximum absolute atomic E-state index is 11.9. The number of ether oxygens (including phenoxy) is 1. The number of allylic oxidation sites excluding steroid dienone is 2. The van der Waals surface area contributed by atoms with E-state index in [2.05, 4.69) is 26.0 Å². The van der Waals surface area contributed by atoms with Gasteiger partial charge in [0.05, 0.1) is 6.61 Å². The highest BCUT2D eigenvalue weighted by molar-refractivity contribution is 5.69. The van der Waals surface area contributed by atoms with Crippen molar-refractivity contribution >= 4 is 5.97 Å². The number of carbonyl (C=O) groups excluding carboxylic acids is 1. The van der Waals surface area contributed by atoms with Crippen LogP contribution in [0, 0.1) is 0 Å². The first-order valence-electron chi connectivity index (χ1n) is 17.1. The number of esters is 1. The van der Waals surface area contributed by atoms with Crippen LogP contribution in [0.15, 0.2) is 12.2 Å². The third-order valence-corrected chi connectivity index (χ3v) is 7.65. The van der Waals surface area contributed by atoms with Crippen molar-refractivity contribution in [1.29, 1.82) is 0 Å². The molecule has 0 aliphatic carbocycles. The monoisotopic (exact) mass is 521 g/mol. The summed E-state index contributed by atoms with van der Waals surface area (Å²) in [6.45, 7) is 5.16. The Hall–Kier alpha value is -0.790. The topological polar surface area (TPSA) is 26.3 Å². The SMILES string of the molecule is CCCC/C=C\CCCCCCCC(=O)OCCCCCCCCCCCCCCCCCCCCC. The van der Waals surface area contributed by atoms with Crippen molar-refractivity contribution in [1.82, 2.24) is 0 Å². The minimum atomic E-state index is 0.0151. The molecular formula is C35H68O2. The van der Waals surface area contributed by atoms with Crippen molar-refractivity contribution in [3.63, 3.8) is 0 Å². The van der Waals surface area contributed by atoms with E-state index in [0.29, 0.717) is 13.0 Å². The lowest BCUT2D eigenvalue weighted by atomic mass is 10.0. The fourth-order valence-electron chi connectivity index (χ4n) is 5.06. The molecule has 0 aromatic rings. The van der Waals surface area contributed by atoms with Crippen molar-refractivity contribution in [2.75, 3.05) is 6.61 Å². The maximum atomic E-state index is 11.9. The van der Waals surface area contributed by atoms with Crippen LogP contribution in [0.4, 0.5) is 0 Å². The highest BCUT2D eigenvalue weighted by Crippen LogP contribution is 2.15. The molecule has 2 heteroatoms. The molecule has 0 atom stereocenters. The lowest BCUT2D eigenvalue weighted by Gasteiger charge is -2.05. The molecule has 0 unspecified atom stereocenters. The largest absolute Gasteiger partial charge is 0.466 e. The van der Waals surface area contributed by atoms with Gasteiger partial charge in [-0.1, -0.05) is 174 Å². The van der Waals surface area contributed by atoms with Gasteiger partial charge >= 0.3 is 5.97 Å². The zero-order valence-corrected chi connectivity index (χ0v) is 25.7. The summed E-state index contributed by atoms with van der Waals surface area (Å²) in [5, 5.41) is 0. The number of hydrogen-bond acceptors (Lipinski definition) is 2. The van der Waals surface area contributed by atoms with Gasteiger partial charge in [-0.2, -0.15) is 0 Å². The molecule has 0 N–H and O–H groups in total. The van der Waals surface area contributed by atoms with Gasteiger partial charge in [0.1, 0.15) is 0 Å². The second-order valence-electron chi connectivity index (χ2n) is 11.5. The first-order chi connectivity index (χ1) is 18.3. The summed E-state index contributed by atoms with van der Waals surface area (Å²) < 4.78 is 5.42. The fourth-order valence-corrected chi connectivity index (χ4v) is 5.06. The summed E-state index contributed by atoms with van der Waals surface area (Å²) in [5.74, 6) is 0.0151. The molecule has 0 aliphatic rings. The summed E-state index contributed by atoms with van der Waals surface area (Å²) in [7, 11) is 0. The van der Waals surface area contributed by atoms with Gasteiger partial charge in [-0.05, 0) is 32.1 Å². The van der Waals surface area contributed by atoms with Gasteiger partial charge in [0.25, 0.3) is 0 Å². The maximum Gasteiger partial charge on any atom is 0.305 e. The van der Waals surface area contributed by atoms with Crippen LogP contribution in [0.5, 0.6) is 0 Å². The molecular weight excluding hydrogens is 452 g/mol. The third-order valence-electron chi connectivity index (χ3n) is 7.65. The smallest absolute Gasteiger partial charge is 0.305 e. The molecule has 0 bridgehead atoms. The summed E-state index contributed by atoms with van der Waals surface area (Å²) in [6.07, 6.45) is 42.7. The van der Waals surface area contributed by atoms with Crippen molar-refractivity contribution < 1.29 is 9.53 Å². The van der Waals surface area contributed by atoms with Gasteiger partial charge < -0.3 is 4.74 Å². The van der Waals surface area contributed by atoms with Gasteiger partial charge in [0.15, 0.2) is 0 Å². The van der Waals surface area contributed by atoms with Crippen LogP contribution >= 0.6 is 0 Å². The Morgan fingerprint density at radius 1 is 0.432 bits per heavy atom. The second kappa shape index (κ2) is 33.2. The molecule has 220 valence electrons. The van der Waals surface area contributed by atoms with E-state index in [1.807, 2.05) is 0 Å². The summed E-state index contributed by atoms with van der Waals surface area (Å²) in [4.78, 5) is 11.9. The molecule has 0 aromatic carbocycles. The van der Waals surface area contributed by atoms with Crippen LogP contribution in [0.1, 0.15) is 200 Å². The van der Waals surface area contributed by atoms with Gasteiger partial charge in [0, 0.05) is 6.42 Å². The number of carbonyl (C=O) groups is 1. The molecule has 0 amide bonds. The standard InChI is InChI=1S/C35H68O2/c1-3-5-7-9-11-13-15-16-17-18-19-20-21-22-24-26-28-30-32-34-37-35(36)33-31-29-27-25-23-14-12-10-8-6-4-2/h10,12H,3-9,11,13-34H2,1-2H3/b12-10-. The fraction of sp³-hybridized carbons (Fsp3) is 0.914. The van der Waals surface area contributed by atoms with Crippen LogP contribution in [0.3, 0.4) is 0 Å². The van der Waals surface area contributed by atoms with E-state index in [1.165, 1.54) is 161 Å². The van der Waals surface area contributed by atoms with Crippen LogP contribution < -0.4 is 0 Å². The molecule has 0 spiro atoms. The summed E-state index contributed by atoms with van der Waals surface area (Å²) in [6, 6.07) is 0. The number of rotatable bonds is 31. The first-order valence-corrected chi connectivity index (χ1v) is 17.1. The van der Waals surface area contributed by atoms with Crippen molar-refractivity contribution in [2.24, 2.45) is 0 Å². The predicted octanol–water partition coefficient (Wildman–Crippen LogP) is 12.4. The first kappa shape index (κ1) is 36.2. The lowest BCUT2D eigenvalue weighted by molar-refractivity contribution is -0.143. The Balaban J connectivity index is 3.15. The Bertz CT molecular complexity index is 456. The summed E-state index contributed by atoms with van der Waals surface area (Å²) in [5.41, 5.74) is 0. The molecule has 0 saturated carbocycles. The second-order valence-corrected chi connectivity index (χ2v) is 11.5. The minimum absolute atomic E-state index is 0.0151. The number of hydrogen-bond donors (Lipinski definition) is 0. The molecule has 2 nitrogen and oxygen atoms in total. The van der Waals surface area contributed by atoms with E-state index >= 15 is 0 Å². The molecule has 0 rings (SSSR count). The van der Waals surface area contributed by atoms with E-state index in [9.17, 15) is 4.79 Å². The van der Waals surface area contributed by atoms with Crippen LogP contribution in [-0.4, -0.2) is 12.6 Å². The zero-order valence-electron chi connectivity index (χ0n) is 25.7. The van der Waals surface area contributed by atoms with Crippen LogP contribution in [0.2, 0.25) is 0 Å². The zero-order chi connectivity index (χ0) is 26.9. The number of unbranched alkanes of at least 4 members (excludes halogenated alkanes) is 25. The highest BCUT2D eigenvalue weighted by Gasteiger charge is 2.02. The normalized spacial score (nSPS) is 11.5. The van der Waals surface area contributed by atoms with E-state index in [4.69, 9.17) is 4.74 Å². The summed E-state index contributed by atoms with van der Waals surface area (Å²) >= 11 is 0. The van der Waals surface area contributed by atoms with E-state index in [-0.39, 0.29) is 5.97 Å². The van der Waals surface area contributed by atoms with E-state index in [0.717, 1.165) is 19.3 Å². The highest BCUT2D eigenvalue weighted by atomic mass is 16.5. The Morgan fingerprint density at radius 2 is 0.784 bits per heavy atom. The van der Waals surface area contributed by atoms with Crippen molar-refractivity contribution in [2.45, 2.75) is 200 Å². The molecule has 0 fully saturated rings. The quantitative estimate of drug-likeness (QED) is 0.0516. The van der Waals surface area contributed by atoms with Crippen LogP contribution in [0.25, 0.3) is 0 Å². The van der Waals surface area contributed by atoms with Crippen LogP contribution in [-0.2, 0) is 9.53 Å². The minimum Gasteiger partial charge on any atom is -0.466 e. The molecule has 37 heavy (non-hydrogen) atoms. The molecule has 0 aromatic heterocycles. The van der Waals surface area contributed by atoms with Gasteiger partial charge in [-0.25, -0.2) is 0 Å². The Morgan fingerprint density at radius 3 is 1.24 bits per heavy atom. The average Bonchev–Trinajstić information content (AvgIpc) is 2.90. The average molecular weight is 521 g/mol. The van der Waals surface area contributed by atoms with Gasteiger partial charge in [-0.15, -0.1) is 0 Å². The molecule has 0 heterocycles. The molecule has 0 aliphatic heterocycles. The predicted molar refractivity (Wildman–Crippen MR) is 165 cm³/mol. The lowest BCUT2D eigenvalue weighted by Crippen LogP contribution is -2.05. The Kier molecular flexibility index (Phi) is 32.5. The Labute approximate surface area is 234 Å². The van der Waals surface area contributed by atoms with E-state index in [1.54, 1.807) is 0 Å². The molecule has 0 radical (unpaired) electrons. The third kappa shape index (κ3) is 33.2. The van der Waals surface area contributed by atoms with Crippen molar-refractivity contribution in [3.05, 3.63) is 12.2 Å². The van der Waals surface area contributed by atoms with E-state index < -0.39 is 0 Å². The molecule has 0 saturated heterocycles.